The van der Waals surface area contributed by atoms with Gasteiger partial charge in [0.25, 0.3) is 0 Å². The van der Waals surface area contributed by atoms with E-state index in [0.717, 1.165) is 0 Å². The first-order chi connectivity index (χ1) is 13.2. The number of amides is 1. The number of rotatable bonds is 5. The number of carbonyl (C=O) groups excluding carboxylic acids is 1. The maximum Gasteiger partial charge on any atom is 0.326 e. The van der Waals surface area contributed by atoms with Crippen molar-refractivity contribution in [2.45, 2.75) is 49.9 Å². The van der Waals surface area contributed by atoms with Crippen molar-refractivity contribution in [2.75, 3.05) is 6.61 Å². The average Bonchev–Trinajstić information content (AvgIpc) is 2.66. The van der Waals surface area contributed by atoms with E-state index in [1.54, 1.807) is 24.3 Å². The summed E-state index contributed by atoms with van der Waals surface area (Å²) in [6.45, 7) is 0.713. The molecular formula is C19H23NO8. The summed E-state index contributed by atoms with van der Waals surface area (Å²) in [5, 5.41) is 50.1. The zero-order valence-electron chi connectivity index (χ0n) is 15.1. The zero-order chi connectivity index (χ0) is 20.8. The van der Waals surface area contributed by atoms with Crippen LogP contribution in [0.25, 0.3) is 0 Å². The molecule has 1 heterocycles. The molecule has 0 spiro atoms. The Hall–Kier alpha value is -2.48. The predicted molar refractivity (Wildman–Crippen MR) is 96.0 cm³/mol. The maximum absolute atomic E-state index is 11.2. The molecule has 2 rings (SSSR count). The van der Waals surface area contributed by atoms with E-state index in [1.165, 1.54) is 6.92 Å². The lowest BCUT2D eigenvalue weighted by Crippen LogP contribution is -2.58. The van der Waals surface area contributed by atoms with E-state index in [-0.39, 0.29) is 6.42 Å². The monoisotopic (exact) mass is 393 g/mol. The van der Waals surface area contributed by atoms with Gasteiger partial charge in [0.05, 0.1) is 6.61 Å². The number of carbonyl (C=O) groups is 2. The highest BCUT2D eigenvalue weighted by atomic mass is 16.5. The second-order valence-electron chi connectivity index (χ2n) is 6.51. The number of aliphatic hydroxyl groups is 4. The van der Waals surface area contributed by atoms with Gasteiger partial charge >= 0.3 is 5.97 Å². The molecule has 6 N–H and O–H groups in total. The minimum atomic E-state index is -1.49. The smallest absolute Gasteiger partial charge is 0.326 e. The van der Waals surface area contributed by atoms with Crippen LogP contribution in [0.1, 0.15) is 18.1 Å². The number of carboxylic acids is 1. The normalized spacial score (nSPS) is 28.0. The van der Waals surface area contributed by atoms with Crippen molar-refractivity contribution < 1.29 is 39.9 Å². The first-order valence-corrected chi connectivity index (χ1v) is 8.63. The van der Waals surface area contributed by atoms with Gasteiger partial charge in [-0.3, -0.25) is 4.79 Å². The Labute approximate surface area is 161 Å². The van der Waals surface area contributed by atoms with Gasteiger partial charge < -0.3 is 35.6 Å². The van der Waals surface area contributed by atoms with E-state index >= 15 is 0 Å². The lowest BCUT2D eigenvalue weighted by Gasteiger charge is -2.37. The number of ether oxygens (including phenoxy) is 1. The minimum absolute atomic E-state index is 0.106. The molecule has 1 unspecified atom stereocenters. The van der Waals surface area contributed by atoms with Crippen LogP contribution in [-0.4, -0.2) is 80.6 Å². The van der Waals surface area contributed by atoms with Gasteiger partial charge in [0.15, 0.2) is 0 Å². The molecule has 1 aliphatic heterocycles. The van der Waals surface area contributed by atoms with Crippen molar-refractivity contribution in [3.8, 4) is 11.8 Å². The standard InChI is InChI=1S/C19H23NO8/c1-10(22)20-13(19(26)27)8-12-4-2-11(3-5-12)6-7-14-16(23)18(25)17(24)15(9-21)28-14/h2-5,13-18,21,23-25H,8-9H2,1H3,(H,20,22)(H,26,27)/t13?,14-,15+,16-,17-,18+/m0/s1. The summed E-state index contributed by atoms with van der Waals surface area (Å²) in [5.41, 5.74) is 1.23. The number of aliphatic hydroxyl groups excluding tert-OH is 4. The Morgan fingerprint density at radius 2 is 1.79 bits per heavy atom. The second-order valence-corrected chi connectivity index (χ2v) is 6.51. The number of hydrogen-bond acceptors (Lipinski definition) is 7. The third-order valence-electron chi connectivity index (χ3n) is 4.32. The van der Waals surface area contributed by atoms with Crippen molar-refractivity contribution in [2.24, 2.45) is 0 Å². The molecule has 6 atom stereocenters. The summed E-state index contributed by atoms with van der Waals surface area (Å²) in [7, 11) is 0. The van der Waals surface area contributed by atoms with Crippen LogP contribution in [0.3, 0.4) is 0 Å². The number of carboxylic acid groups (broad SMARTS) is 1. The van der Waals surface area contributed by atoms with Gasteiger partial charge in [-0.1, -0.05) is 24.0 Å². The highest BCUT2D eigenvalue weighted by molar-refractivity contribution is 5.82. The Morgan fingerprint density at radius 1 is 1.14 bits per heavy atom. The number of hydrogen-bond donors (Lipinski definition) is 6. The number of aliphatic carboxylic acids is 1. The summed E-state index contributed by atoms with van der Waals surface area (Å²) in [5.74, 6) is 3.84. The SMILES string of the molecule is CC(=O)NC(Cc1ccc(C#C[C@@H]2O[C@H](CO)[C@H](O)[C@H](O)[C@H]2O)cc1)C(=O)O. The zero-order valence-corrected chi connectivity index (χ0v) is 15.1. The van der Waals surface area contributed by atoms with E-state index in [9.17, 15) is 30.0 Å². The van der Waals surface area contributed by atoms with Crippen molar-refractivity contribution in [1.82, 2.24) is 5.32 Å². The van der Waals surface area contributed by atoms with Crippen molar-refractivity contribution in [1.29, 1.82) is 0 Å². The molecule has 9 heteroatoms. The Kier molecular flexibility index (Phi) is 7.51. The topological polar surface area (TPSA) is 157 Å². The molecule has 0 saturated carbocycles. The fourth-order valence-corrected chi connectivity index (χ4v) is 2.78. The van der Waals surface area contributed by atoms with Crippen LogP contribution < -0.4 is 5.32 Å². The lowest BCUT2D eigenvalue weighted by molar-refractivity contribution is -0.214. The Balaban J connectivity index is 2.06. The molecule has 0 aliphatic carbocycles. The van der Waals surface area contributed by atoms with E-state index in [1.807, 2.05) is 0 Å². The van der Waals surface area contributed by atoms with Gasteiger partial charge in [0, 0.05) is 18.9 Å². The first-order valence-electron chi connectivity index (χ1n) is 8.63. The van der Waals surface area contributed by atoms with Crippen LogP contribution in [0.2, 0.25) is 0 Å². The molecule has 9 nitrogen and oxygen atoms in total. The Morgan fingerprint density at radius 3 is 2.32 bits per heavy atom. The molecule has 1 aliphatic rings. The Bertz CT molecular complexity index is 751. The molecule has 0 radical (unpaired) electrons. The summed E-state index contributed by atoms with van der Waals surface area (Å²) >= 11 is 0. The summed E-state index contributed by atoms with van der Waals surface area (Å²) in [4.78, 5) is 22.3. The first kappa shape index (κ1) is 21.8. The molecule has 0 aromatic heterocycles. The fraction of sp³-hybridized carbons (Fsp3) is 0.474. The van der Waals surface area contributed by atoms with E-state index < -0.39 is 55.0 Å². The second kappa shape index (κ2) is 9.64. The van der Waals surface area contributed by atoms with Gasteiger partial charge in [-0.2, -0.15) is 0 Å². The van der Waals surface area contributed by atoms with Crippen molar-refractivity contribution in [3.05, 3.63) is 35.4 Å². The molecule has 1 amide bonds. The maximum atomic E-state index is 11.2. The molecule has 152 valence electrons. The average molecular weight is 393 g/mol. The quantitative estimate of drug-likeness (QED) is 0.314. The summed E-state index contributed by atoms with van der Waals surface area (Å²) < 4.78 is 5.30. The summed E-state index contributed by atoms with van der Waals surface area (Å²) in [6.07, 6.45) is -6.38. The van der Waals surface area contributed by atoms with E-state index in [2.05, 4.69) is 17.2 Å². The molecule has 28 heavy (non-hydrogen) atoms. The molecule has 1 fully saturated rings. The third-order valence-corrected chi connectivity index (χ3v) is 4.32. The van der Waals surface area contributed by atoms with Crippen molar-refractivity contribution >= 4 is 11.9 Å². The molecule has 0 bridgehead atoms. The van der Waals surface area contributed by atoms with Crippen LogP contribution in [0.5, 0.6) is 0 Å². The molecule has 1 aromatic rings. The molecular weight excluding hydrogens is 370 g/mol. The van der Waals surface area contributed by atoms with Gasteiger partial charge in [0.2, 0.25) is 5.91 Å². The predicted octanol–water partition coefficient (Wildman–Crippen LogP) is -1.99. The van der Waals surface area contributed by atoms with Crippen LogP contribution in [0.4, 0.5) is 0 Å². The van der Waals surface area contributed by atoms with Crippen LogP contribution in [0, 0.1) is 11.8 Å². The van der Waals surface area contributed by atoms with Crippen LogP contribution >= 0.6 is 0 Å². The fourth-order valence-electron chi connectivity index (χ4n) is 2.78. The van der Waals surface area contributed by atoms with Gasteiger partial charge in [-0.25, -0.2) is 4.79 Å². The van der Waals surface area contributed by atoms with Gasteiger partial charge in [-0.15, -0.1) is 0 Å². The largest absolute Gasteiger partial charge is 0.480 e. The highest BCUT2D eigenvalue weighted by Crippen LogP contribution is 2.20. The molecule has 1 aromatic carbocycles. The lowest BCUT2D eigenvalue weighted by atomic mass is 9.95. The minimum Gasteiger partial charge on any atom is -0.480 e. The third kappa shape index (κ3) is 5.51. The van der Waals surface area contributed by atoms with Crippen LogP contribution in [0.15, 0.2) is 24.3 Å². The number of benzene rings is 1. The van der Waals surface area contributed by atoms with Crippen LogP contribution in [-0.2, 0) is 20.7 Å². The van der Waals surface area contributed by atoms with Gasteiger partial charge in [0.1, 0.15) is 36.6 Å². The van der Waals surface area contributed by atoms with E-state index in [4.69, 9.17) is 9.84 Å². The number of nitrogens with one attached hydrogen (secondary N) is 1. The summed E-state index contributed by atoms with van der Waals surface area (Å²) in [6, 6.07) is 5.56. The van der Waals surface area contributed by atoms with E-state index in [0.29, 0.717) is 11.1 Å². The highest BCUT2D eigenvalue weighted by Gasteiger charge is 2.42. The van der Waals surface area contributed by atoms with Gasteiger partial charge in [-0.05, 0) is 17.7 Å². The molecule has 1 saturated heterocycles. The van der Waals surface area contributed by atoms with Crippen molar-refractivity contribution in [3.63, 3.8) is 0 Å².